The first-order valence-electron chi connectivity index (χ1n) is 6.45. The van der Waals surface area contributed by atoms with Crippen LogP contribution in [0.25, 0.3) is 0 Å². The van der Waals surface area contributed by atoms with Gasteiger partial charge in [0.2, 0.25) is 0 Å². The Hall–Kier alpha value is -1.02. The van der Waals surface area contributed by atoms with Gasteiger partial charge in [-0.25, -0.2) is 0 Å². The molecule has 0 radical (unpaired) electrons. The van der Waals surface area contributed by atoms with Crippen molar-refractivity contribution in [3.05, 3.63) is 69.2 Å². The van der Waals surface area contributed by atoms with Gasteiger partial charge >= 0.3 is 0 Å². The fourth-order valence-electron chi connectivity index (χ4n) is 2.65. The van der Waals surface area contributed by atoms with Crippen LogP contribution in [0.5, 0.6) is 0 Å². The monoisotopic (exact) mass is 291 g/mol. The van der Waals surface area contributed by atoms with E-state index in [0.29, 0.717) is 10.0 Å². The minimum absolute atomic E-state index is 0.708. The van der Waals surface area contributed by atoms with E-state index < -0.39 is 0 Å². The van der Waals surface area contributed by atoms with Crippen LogP contribution in [0.4, 0.5) is 0 Å². The van der Waals surface area contributed by atoms with E-state index in [9.17, 15) is 0 Å². The van der Waals surface area contributed by atoms with Crippen LogP contribution >= 0.6 is 23.2 Å². The summed E-state index contributed by atoms with van der Waals surface area (Å²) in [5, 5.41) is 1.42. The zero-order valence-electron chi connectivity index (χ0n) is 10.6. The summed E-state index contributed by atoms with van der Waals surface area (Å²) in [7, 11) is 0. The first kappa shape index (κ1) is 13.0. The SMILES string of the molecule is Clc1cc(Cl)cc(CN2CCc3ccccc3C2)c1. The molecular formula is C16H15Cl2N. The van der Waals surface area contributed by atoms with Crippen molar-refractivity contribution in [2.45, 2.75) is 19.5 Å². The van der Waals surface area contributed by atoms with Crippen LogP contribution in [0, 0.1) is 0 Å². The van der Waals surface area contributed by atoms with Crippen LogP contribution in [0.15, 0.2) is 42.5 Å². The van der Waals surface area contributed by atoms with Gasteiger partial charge in [-0.05, 0) is 41.3 Å². The summed E-state index contributed by atoms with van der Waals surface area (Å²) in [5.41, 5.74) is 4.08. The molecule has 0 saturated heterocycles. The van der Waals surface area contributed by atoms with Crippen molar-refractivity contribution >= 4 is 23.2 Å². The maximum absolute atomic E-state index is 6.05. The highest BCUT2D eigenvalue weighted by molar-refractivity contribution is 6.34. The number of hydrogen-bond acceptors (Lipinski definition) is 1. The van der Waals surface area contributed by atoms with Crippen molar-refractivity contribution in [1.82, 2.24) is 4.90 Å². The van der Waals surface area contributed by atoms with Gasteiger partial charge in [-0.2, -0.15) is 0 Å². The Bertz CT molecular complexity index is 575. The lowest BCUT2D eigenvalue weighted by atomic mass is 9.99. The molecule has 0 atom stereocenters. The fraction of sp³-hybridized carbons (Fsp3) is 0.250. The maximum Gasteiger partial charge on any atom is 0.0424 e. The number of rotatable bonds is 2. The van der Waals surface area contributed by atoms with Crippen molar-refractivity contribution in [2.75, 3.05) is 6.54 Å². The summed E-state index contributed by atoms with van der Waals surface area (Å²) >= 11 is 12.1. The van der Waals surface area contributed by atoms with E-state index in [0.717, 1.165) is 26.1 Å². The highest BCUT2D eigenvalue weighted by Crippen LogP contribution is 2.23. The third kappa shape index (κ3) is 3.11. The molecule has 0 bridgehead atoms. The van der Waals surface area contributed by atoms with Crippen molar-refractivity contribution in [3.63, 3.8) is 0 Å². The van der Waals surface area contributed by atoms with Crippen LogP contribution in [-0.2, 0) is 19.5 Å². The number of benzene rings is 2. The maximum atomic E-state index is 6.05. The largest absolute Gasteiger partial charge is 0.294 e. The lowest BCUT2D eigenvalue weighted by Crippen LogP contribution is -2.29. The Morgan fingerprint density at radius 2 is 1.63 bits per heavy atom. The van der Waals surface area contributed by atoms with E-state index in [-0.39, 0.29) is 0 Å². The Labute approximate surface area is 123 Å². The molecule has 1 aliphatic heterocycles. The predicted molar refractivity (Wildman–Crippen MR) is 80.7 cm³/mol. The highest BCUT2D eigenvalue weighted by atomic mass is 35.5. The molecule has 2 aromatic carbocycles. The minimum Gasteiger partial charge on any atom is -0.294 e. The molecule has 19 heavy (non-hydrogen) atoms. The van der Waals surface area contributed by atoms with Gasteiger partial charge in [-0.1, -0.05) is 47.5 Å². The van der Waals surface area contributed by atoms with Crippen molar-refractivity contribution < 1.29 is 0 Å². The Kier molecular flexibility index (Phi) is 3.79. The van der Waals surface area contributed by atoms with Gasteiger partial charge in [0.05, 0.1) is 0 Å². The lowest BCUT2D eigenvalue weighted by Gasteiger charge is -2.28. The first-order chi connectivity index (χ1) is 9.20. The normalized spacial score (nSPS) is 15.3. The molecule has 0 N–H and O–H groups in total. The molecule has 0 aromatic heterocycles. The molecule has 1 aliphatic rings. The fourth-order valence-corrected chi connectivity index (χ4v) is 3.22. The molecule has 3 rings (SSSR count). The molecule has 1 nitrogen and oxygen atoms in total. The zero-order valence-corrected chi connectivity index (χ0v) is 12.1. The van der Waals surface area contributed by atoms with Crippen molar-refractivity contribution in [3.8, 4) is 0 Å². The molecule has 0 fully saturated rings. The van der Waals surface area contributed by atoms with E-state index in [1.54, 1.807) is 6.07 Å². The second-order valence-corrected chi connectivity index (χ2v) is 5.88. The third-order valence-electron chi connectivity index (χ3n) is 3.54. The number of fused-ring (bicyclic) bond motifs is 1. The van der Waals surface area contributed by atoms with Crippen LogP contribution in [0.2, 0.25) is 10.0 Å². The summed E-state index contributed by atoms with van der Waals surface area (Å²) in [6, 6.07) is 14.4. The van der Waals surface area contributed by atoms with E-state index >= 15 is 0 Å². The Morgan fingerprint density at radius 3 is 2.37 bits per heavy atom. The summed E-state index contributed by atoms with van der Waals surface area (Å²) in [6.45, 7) is 2.98. The molecule has 3 heteroatoms. The molecule has 0 aliphatic carbocycles. The molecule has 0 amide bonds. The van der Waals surface area contributed by atoms with E-state index in [1.807, 2.05) is 12.1 Å². The Balaban J connectivity index is 1.75. The van der Waals surface area contributed by atoms with Crippen LogP contribution < -0.4 is 0 Å². The van der Waals surface area contributed by atoms with Gasteiger partial charge in [-0.3, -0.25) is 4.90 Å². The van der Waals surface area contributed by atoms with E-state index in [2.05, 4.69) is 29.2 Å². The molecule has 2 aromatic rings. The number of halogens is 2. The first-order valence-corrected chi connectivity index (χ1v) is 7.20. The van der Waals surface area contributed by atoms with Gasteiger partial charge in [-0.15, -0.1) is 0 Å². The highest BCUT2D eigenvalue weighted by Gasteiger charge is 2.15. The average molecular weight is 292 g/mol. The number of hydrogen-bond donors (Lipinski definition) is 0. The van der Waals surface area contributed by atoms with Crippen molar-refractivity contribution in [1.29, 1.82) is 0 Å². The topological polar surface area (TPSA) is 3.24 Å². The Morgan fingerprint density at radius 1 is 0.947 bits per heavy atom. The van der Waals surface area contributed by atoms with E-state index in [4.69, 9.17) is 23.2 Å². The minimum atomic E-state index is 0.708. The van der Waals surface area contributed by atoms with Gasteiger partial charge in [0.15, 0.2) is 0 Å². The summed E-state index contributed by atoms with van der Waals surface area (Å²) in [6.07, 6.45) is 1.12. The van der Waals surface area contributed by atoms with Gasteiger partial charge in [0, 0.05) is 29.7 Å². The molecule has 98 valence electrons. The summed E-state index contributed by atoms with van der Waals surface area (Å²) in [5.74, 6) is 0. The summed E-state index contributed by atoms with van der Waals surface area (Å²) in [4.78, 5) is 2.43. The molecule has 0 unspecified atom stereocenters. The van der Waals surface area contributed by atoms with Crippen LogP contribution in [0.3, 0.4) is 0 Å². The zero-order chi connectivity index (χ0) is 13.2. The average Bonchev–Trinajstić information content (AvgIpc) is 2.37. The standard InChI is InChI=1S/C16H15Cl2N/c17-15-7-12(8-16(18)9-15)10-19-6-5-13-3-1-2-4-14(13)11-19/h1-4,7-9H,5-6,10-11H2. The van der Waals surface area contributed by atoms with Gasteiger partial charge in [0.25, 0.3) is 0 Å². The lowest BCUT2D eigenvalue weighted by molar-refractivity contribution is 0.245. The van der Waals surface area contributed by atoms with Crippen LogP contribution in [0.1, 0.15) is 16.7 Å². The molecular weight excluding hydrogens is 277 g/mol. The number of nitrogens with zero attached hydrogens (tertiary/aromatic N) is 1. The van der Waals surface area contributed by atoms with Crippen molar-refractivity contribution in [2.24, 2.45) is 0 Å². The quantitative estimate of drug-likeness (QED) is 0.784. The predicted octanol–water partition coefficient (Wildman–Crippen LogP) is 4.55. The second kappa shape index (κ2) is 5.54. The molecule has 0 saturated carbocycles. The summed E-state index contributed by atoms with van der Waals surface area (Å²) < 4.78 is 0. The molecule has 0 spiro atoms. The second-order valence-electron chi connectivity index (χ2n) is 5.01. The smallest absolute Gasteiger partial charge is 0.0424 e. The third-order valence-corrected chi connectivity index (χ3v) is 3.97. The van der Waals surface area contributed by atoms with Gasteiger partial charge < -0.3 is 0 Å². The molecule has 1 heterocycles. The van der Waals surface area contributed by atoms with Gasteiger partial charge in [0.1, 0.15) is 0 Å². The van der Waals surface area contributed by atoms with Crippen LogP contribution in [-0.4, -0.2) is 11.4 Å². The van der Waals surface area contributed by atoms with E-state index in [1.165, 1.54) is 16.7 Å².